The van der Waals surface area contributed by atoms with Crippen molar-refractivity contribution in [3.8, 4) is 5.88 Å². The zero-order valence-electron chi connectivity index (χ0n) is 13.2. The van der Waals surface area contributed by atoms with E-state index >= 15 is 0 Å². The Morgan fingerprint density at radius 2 is 2.14 bits per heavy atom. The minimum atomic E-state index is -0.742. The maximum absolute atomic E-state index is 10.7. The maximum atomic E-state index is 10.7. The number of carboxylic acids is 1. The Kier molecular flexibility index (Phi) is 6.39. The molecule has 1 aromatic heterocycles. The molecular weight excluding hydrogens is 270 g/mol. The van der Waals surface area contributed by atoms with Gasteiger partial charge in [0, 0.05) is 25.2 Å². The number of nitrogens with zero attached hydrogens (tertiary/aromatic N) is 2. The molecule has 1 aromatic rings. The lowest BCUT2D eigenvalue weighted by Crippen LogP contribution is -2.24. The number of methoxy groups -OCH3 is 1. The molecule has 0 saturated heterocycles. The summed E-state index contributed by atoms with van der Waals surface area (Å²) in [7, 11) is 1.56. The second-order valence-electron chi connectivity index (χ2n) is 6.13. The molecule has 0 bridgehead atoms. The first kappa shape index (κ1) is 17.2. The van der Waals surface area contributed by atoms with Crippen LogP contribution in [0.25, 0.3) is 0 Å². The minimum Gasteiger partial charge on any atom is -0.481 e. The van der Waals surface area contributed by atoms with Gasteiger partial charge in [0.2, 0.25) is 11.8 Å². The predicted molar refractivity (Wildman–Crippen MR) is 81.5 cm³/mol. The Hall–Kier alpha value is -1.85. The summed E-state index contributed by atoms with van der Waals surface area (Å²) in [4.78, 5) is 19.1. The Morgan fingerprint density at radius 1 is 1.43 bits per heavy atom. The van der Waals surface area contributed by atoms with Gasteiger partial charge in [-0.3, -0.25) is 4.79 Å². The summed E-state index contributed by atoms with van der Waals surface area (Å²) in [6, 6.07) is 1.69. The van der Waals surface area contributed by atoms with Crippen LogP contribution in [0.5, 0.6) is 5.88 Å². The number of rotatable bonds is 8. The quantitative estimate of drug-likeness (QED) is 0.767. The van der Waals surface area contributed by atoms with Gasteiger partial charge in [-0.15, -0.1) is 0 Å². The van der Waals surface area contributed by atoms with Gasteiger partial charge in [-0.1, -0.05) is 20.8 Å². The van der Waals surface area contributed by atoms with Gasteiger partial charge in [0.05, 0.1) is 7.11 Å². The molecule has 1 atom stereocenters. The molecule has 6 nitrogen and oxygen atoms in total. The van der Waals surface area contributed by atoms with Crippen molar-refractivity contribution < 1.29 is 14.6 Å². The van der Waals surface area contributed by atoms with E-state index in [1.54, 1.807) is 19.4 Å². The Bertz CT molecular complexity index is 458. The molecule has 0 fully saturated rings. The van der Waals surface area contributed by atoms with E-state index < -0.39 is 5.97 Å². The molecule has 6 heteroatoms. The topological polar surface area (TPSA) is 84.3 Å². The smallest absolute Gasteiger partial charge is 0.303 e. The number of nitrogens with one attached hydrogen (secondary N) is 1. The highest BCUT2D eigenvalue weighted by Gasteiger charge is 2.24. The second kappa shape index (κ2) is 7.81. The number of aromatic nitrogens is 2. The van der Waals surface area contributed by atoms with Crippen molar-refractivity contribution in [2.24, 2.45) is 11.3 Å². The van der Waals surface area contributed by atoms with E-state index in [9.17, 15) is 4.79 Å². The van der Waals surface area contributed by atoms with Crippen molar-refractivity contribution in [3.05, 3.63) is 12.3 Å². The summed E-state index contributed by atoms with van der Waals surface area (Å²) in [6.45, 7) is 7.12. The second-order valence-corrected chi connectivity index (χ2v) is 6.13. The highest BCUT2D eigenvalue weighted by atomic mass is 16.5. The minimum absolute atomic E-state index is 0.0758. The lowest BCUT2D eigenvalue weighted by molar-refractivity contribution is -0.137. The molecule has 0 radical (unpaired) electrons. The summed E-state index contributed by atoms with van der Waals surface area (Å²) in [5, 5.41) is 12.0. The number of anilines is 1. The van der Waals surface area contributed by atoms with Crippen molar-refractivity contribution in [2.45, 2.75) is 40.0 Å². The Morgan fingerprint density at radius 3 is 2.71 bits per heavy atom. The van der Waals surface area contributed by atoms with E-state index in [-0.39, 0.29) is 11.8 Å². The Labute approximate surface area is 126 Å². The van der Waals surface area contributed by atoms with Crippen LogP contribution in [-0.2, 0) is 4.79 Å². The van der Waals surface area contributed by atoms with Gasteiger partial charge in [-0.2, -0.15) is 4.98 Å². The van der Waals surface area contributed by atoms with Crippen LogP contribution in [-0.4, -0.2) is 34.7 Å². The van der Waals surface area contributed by atoms with Crippen LogP contribution < -0.4 is 10.1 Å². The van der Waals surface area contributed by atoms with Crippen LogP contribution in [0.4, 0.5) is 5.95 Å². The summed E-state index contributed by atoms with van der Waals surface area (Å²) < 4.78 is 5.05. The average molecular weight is 295 g/mol. The predicted octanol–water partition coefficient (Wildman–Crippen LogP) is 2.81. The van der Waals surface area contributed by atoms with Crippen LogP contribution in [0, 0.1) is 11.3 Å². The first-order chi connectivity index (χ1) is 9.82. The van der Waals surface area contributed by atoms with Gasteiger partial charge >= 0.3 is 5.97 Å². The molecule has 0 saturated carbocycles. The average Bonchev–Trinajstić information content (AvgIpc) is 2.41. The SMILES string of the molecule is COc1ccnc(NCCC(CCC(=O)O)C(C)(C)C)n1. The molecule has 2 N–H and O–H groups in total. The molecular formula is C15H25N3O3. The largest absolute Gasteiger partial charge is 0.481 e. The summed E-state index contributed by atoms with van der Waals surface area (Å²) in [5.41, 5.74) is 0.0758. The number of aliphatic carboxylic acids is 1. The maximum Gasteiger partial charge on any atom is 0.303 e. The first-order valence-electron chi connectivity index (χ1n) is 7.15. The standard InChI is InChI=1S/C15H25N3O3/c1-15(2,3)11(5-6-13(19)20)7-9-16-14-17-10-8-12(18-14)21-4/h8,10-11H,5-7,9H2,1-4H3,(H,19,20)(H,16,17,18). The Balaban J connectivity index is 2.50. The molecule has 0 aliphatic carbocycles. The highest BCUT2D eigenvalue weighted by Crippen LogP contribution is 2.32. The summed E-state index contributed by atoms with van der Waals surface area (Å²) >= 11 is 0. The van der Waals surface area contributed by atoms with E-state index in [4.69, 9.17) is 9.84 Å². The molecule has 1 rings (SSSR count). The van der Waals surface area contributed by atoms with Crippen LogP contribution in [0.3, 0.4) is 0 Å². The van der Waals surface area contributed by atoms with Gasteiger partial charge in [0.25, 0.3) is 0 Å². The van der Waals surface area contributed by atoms with Gasteiger partial charge in [0.15, 0.2) is 0 Å². The fourth-order valence-corrected chi connectivity index (χ4v) is 2.21. The normalized spacial score (nSPS) is 12.8. The van der Waals surface area contributed by atoms with Crippen LogP contribution >= 0.6 is 0 Å². The summed E-state index contributed by atoms with van der Waals surface area (Å²) in [6.07, 6.45) is 3.40. The van der Waals surface area contributed by atoms with Crippen LogP contribution in [0.1, 0.15) is 40.0 Å². The van der Waals surface area contributed by atoms with E-state index in [1.807, 2.05) is 0 Å². The van der Waals surface area contributed by atoms with Crippen molar-refractivity contribution in [1.29, 1.82) is 0 Å². The molecule has 118 valence electrons. The number of carbonyl (C=O) groups is 1. The van der Waals surface area contributed by atoms with Gasteiger partial charge in [-0.05, 0) is 24.2 Å². The third-order valence-corrected chi connectivity index (χ3v) is 3.55. The van der Waals surface area contributed by atoms with Crippen molar-refractivity contribution in [1.82, 2.24) is 9.97 Å². The number of hydrogen-bond donors (Lipinski definition) is 2. The molecule has 0 aromatic carbocycles. The van der Waals surface area contributed by atoms with E-state index in [0.29, 0.717) is 30.7 Å². The van der Waals surface area contributed by atoms with Crippen LogP contribution in [0.2, 0.25) is 0 Å². The molecule has 0 aliphatic heterocycles. The van der Waals surface area contributed by atoms with Crippen molar-refractivity contribution in [3.63, 3.8) is 0 Å². The van der Waals surface area contributed by atoms with E-state index in [0.717, 1.165) is 6.42 Å². The monoisotopic (exact) mass is 295 g/mol. The van der Waals surface area contributed by atoms with E-state index in [2.05, 4.69) is 36.1 Å². The van der Waals surface area contributed by atoms with Gasteiger partial charge in [0.1, 0.15) is 0 Å². The first-order valence-corrected chi connectivity index (χ1v) is 7.15. The van der Waals surface area contributed by atoms with E-state index in [1.165, 1.54) is 0 Å². The molecule has 1 unspecified atom stereocenters. The zero-order chi connectivity index (χ0) is 15.9. The molecule has 0 amide bonds. The highest BCUT2D eigenvalue weighted by molar-refractivity contribution is 5.66. The molecule has 0 spiro atoms. The van der Waals surface area contributed by atoms with Crippen LogP contribution in [0.15, 0.2) is 12.3 Å². The fraction of sp³-hybridized carbons (Fsp3) is 0.667. The van der Waals surface area contributed by atoms with Crippen molar-refractivity contribution >= 4 is 11.9 Å². The number of hydrogen-bond acceptors (Lipinski definition) is 5. The lowest BCUT2D eigenvalue weighted by atomic mass is 9.76. The summed E-state index contributed by atoms with van der Waals surface area (Å²) in [5.74, 6) is 0.631. The lowest BCUT2D eigenvalue weighted by Gasteiger charge is -2.30. The molecule has 1 heterocycles. The van der Waals surface area contributed by atoms with Crippen molar-refractivity contribution in [2.75, 3.05) is 19.0 Å². The molecule has 21 heavy (non-hydrogen) atoms. The van der Waals surface area contributed by atoms with Gasteiger partial charge < -0.3 is 15.2 Å². The third-order valence-electron chi connectivity index (χ3n) is 3.55. The van der Waals surface area contributed by atoms with Gasteiger partial charge in [-0.25, -0.2) is 4.98 Å². The number of ether oxygens (including phenoxy) is 1. The zero-order valence-corrected chi connectivity index (χ0v) is 13.2. The molecule has 0 aliphatic rings. The number of carboxylic acid groups (broad SMARTS) is 1. The third kappa shape index (κ3) is 6.42. The fourth-order valence-electron chi connectivity index (χ4n) is 2.21.